The van der Waals surface area contributed by atoms with Crippen LogP contribution in [-0.2, 0) is 11.3 Å². The van der Waals surface area contributed by atoms with Crippen LogP contribution in [-0.4, -0.2) is 37.1 Å². The zero-order valence-corrected chi connectivity index (χ0v) is 11.9. The van der Waals surface area contributed by atoms with Crippen LogP contribution in [0.2, 0.25) is 0 Å². The highest BCUT2D eigenvalue weighted by atomic mass is 19.3. The Morgan fingerprint density at radius 1 is 1.24 bits per heavy atom. The van der Waals surface area contributed by atoms with E-state index in [0.717, 1.165) is 18.4 Å². The summed E-state index contributed by atoms with van der Waals surface area (Å²) < 4.78 is 33.8. The third-order valence-corrected chi connectivity index (χ3v) is 3.86. The summed E-state index contributed by atoms with van der Waals surface area (Å²) in [5, 5.41) is 12.7. The van der Waals surface area contributed by atoms with Crippen LogP contribution in [0.1, 0.15) is 24.8 Å². The molecule has 0 aromatic heterocycles. The zero-order chi connectivity index (χ0) is 15.1. The van der Waals surface area contributed by atoms with Gasteiger partial charge in [-0.1, -0.05) is 12.1 Å². The molecule has 1 aromatic rings. The minimum atomic E-state index is -2.80. The summed E-state index contributed by atoms with van der Waals surface area (Å²) in [4.78, 5) is 0. The predicted molar refractivity (Wildman–Crippen MR) is 74.4 cm³/mol. The molecule has 1 aliphatic heterocycles. The topological polar surface area (TPSA) is 50.7 Å². The monoisotopic (exact) mass is 301 g/mol. The van der Waals surface area contributed by atoms with Crippen molar-refractivity contribution in [3.05, 3.63) is 29.8 Å². The Bertz CT molecular complexity index is 414. The molecule has 1 saturated heterocycles. The van der Waals surface area contributed by atoms with Crippen molar-refractivity contribution in [1.82, 2.24) is 5.32 Å². The minimum absolute atomic E-state index is 0.106. The van der Waals surface area contributed by atoms with E-state index in [0.29, 0.717) is 26.2 Å². The van der Waals surface area contributed by atoms with E-state index in [9.17, 15) is 13.9 Å². The molecule has 0 unspecified atom stereocenters. The molecule has 1 heterocycles. The molecule has 0 spiro atoms. The zero-order valence-electron chi connectivity index (χ0n) is 11.9. The van der Waals surface area contributed by atoms with Gasteiger partial charge in [-0.25, -0.2) is 0 Å². The summed E-state index contributed by atoms with van der Waals surface area (Å²) in [7, 11) is 0. The molecule has 6 heteroatoms. The quantitative estimate of drug-likeness (QED) is 0.811. The van der Waals surface area contributed by atoms with E-state index in [-0.39, 0.29) is 17.9 Å². The average Bonchev–Trinajstić information content (AvgIpc) is 2.47. The van der Waals surface area contributed by atoms with Crippen molar-refractivity contribution in [2.75, 3.05) is 19.8 Å². The van der Waals surface area contributed by atoms with Gasteiger partial charge in [-0.15, -0.1) is 0 Å². The Kier molecular flexibility index (Phi) is 5.90. The standard InChI is InChI=1S/C15H21F2NO3/c16-14(17)21-13-3-1-12(2-4-13)11-18-15(5-8-19)6-9-20-10-7-15/h1-4,14,18-19H,5-11H2. The van der Waals surface area contributed by atoms with Gasteiger partial charge in [0.1, 0.15) is 5.75 Å². The molecule has 118 valence electrons. The second-order valence-corrected chi connectivity index (χ2v) is 5.24. The van der Waals surface area contributed by atoms with Gasteiger partial charge in [0.15, 0.2) is 0 Å². The molecule has 2 N–H and O–H groups in total. The Morgan fingerprint density at radius 3 is 2.48 bits per heavy atom. The van der Waals surface area contributed by atoms with Gasteiger partial charge in [-0.05, 0) is 37.0 Å². The molecule has 0 atom stereocenters. The number of ether oxygens (including phenoxy) is 2. The van der Waals surface area contributed by atoms with E-state index in [1.54, 1.807) is 12.1 Å². The molecule has 1 aromatic carbocycles. The second kappa shape index (κ2) is 7.68. The number of rotatable bonds is 7. The Morgan fingerprint density at radius 2 is 1.90 bits per heavy atom. The van der Waals surface area contributed by atoms with Crippen molar-refractivity contribution in [1.29, 1.82) is 0 Å². The van der Waals surface area contributed by atoms with E-state index >= 15 is 0 Å². The van der Waals surface area contributed by atoms with E-state index in [2.05, 4.69) is 10.1 Å². The van der Waals surface area contributed by atoms with Gasteiger partial charge < -0.3 is 19.9 Å². The molecule has 0 bridgehead atoms. The smallest absolute Gasteiger partial charge is 0.387 e. The lowest BCUT2D eigenvalue weighted by Crippen LogP contribution is -2.49. The van der Waals surface area contributed by atoms with Gasteiger partial charge in [0.25, 0.3) is 0 Å². The first-order chi connectivity index (χ1) is 10.1. The van der Waals surface area contributed by atoms with Crippen LogP contribution in [0.5, 0.6) is 5.75 Å². The summed E-state index contributed by atoms with van der Waals surface area (Å²) in [6.07, 6.45) is 2.41. The average molecular weight is 301 g/mol. The highest BCUT2D eigenvalue weighted by Gasteiger charge is 2.31. The van der Waals surface area contributed by atoms with Crippen molar-refractivity contribution >= 4 is 0 Å². The fourth-order valence-corrected chi connectivity index (χ4v) is 2.57. The summed E-state index contributed by atoms with van der Waals surface area (Å²) in [5.74, 6) is 0.157. The first-order valence-corrected chi connectivity index (χ1v) is 7.11. The van der Waals surface area contributed by atoms with Crippen LogP contribution in [0.15, 0.2) is 24.3 Å². The first kappa shape index (κ1) is 16.1. The fraction of sp³-hybridized carbons (Fsp3) is 0.600. The van der Waals surface area contributed by atoms with Crippen molar-refractivity contribution in [3.8, 4) is 5.75 Å². The number of aliphatic hydroxyl groups is 1. The van der Waals surface area contributed by atoms with E-state index in [4.69, 9.17) is 4.74 Å². The van der Waals surface area contributed by atoms with Crippen molar-refractivity contribution in [2.45, 2.75) is 38.0 Å². The molecular formula is C15H21F2NO3. The molecule has 0 saturated carbocycles. The Hall–Kier alpha value is -1.24. The molecule has 1 aliphatic rings. The first-order valence-electron chi connectivity index (χ1n) is 7.11. The lowest BCUT2D eigenvalue weighted by Gasteiger charge is -2.38. The van der Waals surface area contributed by atoms with E-state index in [1.807, 2.05) is 0 Å². The molecule has 0 aliphatic carbocycles. The fourth-order valence-electron chi connectivity index (χ4n) is 2.57. The summed E-state index contributed by atoms with van der Waals surface area (Å²) in [5.41, 5.74) is 0.880. The maximum atomic E-state index is 12.1. The molecule has 0 amide bonds. The van der Waals surface area contributed by atoms with Crippen LogP contribution in [0.25, 0.3) is 0 Å². The molecule has 21 heavy (non-hydrogen) atoms. The van der Waals surface area contributed by atoms with Crippen LogP contribution in [0.4, 0.5) is 8.78 Å². The largest absolute Gasteiger partial charge is 0.435 e. The van der Waals surface area contributed by atoms with Crippen LogP contribution in [0.3, 0.4) is 0 Å². The van der Waals surface area contributed by atoms with Gasteiger partial charge in [0, 0.05) is 31.9 Å². The number of halogens is 2. The second-order valence-electron chi connectivity index (χ2n) is 5.24. The Balaban J connectivity index is 1.91. The highest BCUT2D eigenvalue weighted by molar-refractivity contribution is 5.27. The normalized spacial score (nSPS) is 17.9. The molecule has 2 rings (SSSR count). The summed E-state index contributed by atoms with van der Waals surface area (Å²) >= 11 is 0. The van der Waals surface area contributed by atoms with Crippen molar-refractivity contribution in [3.63, 3.8) is 0 Å². The number of alkyl halides is 2. The third-order valence-electron chi connectivity index (χ3n) is 3.86. The predicted octanol–water partition coefficient (Wildman–Crippen LogP) is 2.31. The van der Waals surface area contributed by atoms with Gasteiger partial charge in [0.2, 0.25) is 0 Å². The maximum Gasteiger partial charge on any atom is 0.387 e. The van der Waals surface area contributed by atoms with Gasteiger partial charge in [-0.3, -0.25) is 0 Å². The number of nitrogens with one attached hydrogen (secondary N) is 1. The number of benzene rings is 1. The molecular weight excluding hydrogens is 280 g/mol. The lowest BCUT2D eigenvalue weighted by molar-refractivity contribution is -0.0498. The highest BCUT2D eigenvalue weighted by Crippen LogP contribution is 2.25. The van der Waals surface area contributed by atoms with Crippen LogP contribution < -0.4 is 10.1 Å². The van der Waals surface area contributed by atoms with Crippen LogP contribution in [0, 0.1) is 0 Å². The maximum absolute atomic E-state index is 12.1. The Labute approximate surface area is 123 Å². The number of hydrogen-bond donors (Lipinski definition) is 2. The summed E-state index contributed by atoms with van der Waals surface area (Å²) in [6.45, 7) is -0.671. The van der Waals surface area contributed by atoms with Crippen molar-refractivity contribution < 1.29 is 23.4 Å². The molecule has 0 radical (unpaired) electrons. The lowest BCUT2D eigenvalue weighted by atomic mass is 9.86. The number of aliphatic hydroxyl groups excluding tert-OH is 1. The molecule has 4 nitrogen and oxygen atoms in total. The van der Waals surface area contributed by atoms with Crippen molar-refractivity contribution in [2.24, 2.45) is 0 Å². The number of hydrogen-bond acceptors (Lipinski definition) is 4. The SMILES string of the molecule is OCCC1(NCc2ccc(OC(F)F)cc2)CCOCC1. The van der Waals surface area contributed by atoms with Crippen LogP contribution >= 0.6 is 0 Å². The minimum Gasteiger partial charge on any atom is -0.435 e. The molecule has 1 fully saturated rings. The van der Waals surface area contributed by atoms with Gasteiger partial charge in [-0.2, -0.15) is 8.78 Å². The van der Waals surface area contributed by atoms with E-state index < -0.39 is 6.61 Å². The third kappa shape index (κ3) is 4.91. The van der Waals surface area contributed by atoms with Gasteiger partial charge in [0.05, 0.1) is 0 Å². The van der Waals surface area contributed by atoms with Gasteiger partial charge >= 0.3 is 6.61 Å². The summed E-state index contributed by atoms with van der Waals surface area (Å²) in [6, 6.07) is 6.59. The van der Waals surface area contributed by atoms with E-state index in [1.165, 1.54) is 12.1 Å².